The number of aliphatic imine (C=N–C) groups is 1. The number of aromatic nitrogens is 1. The van der Waals surface area contributed by atoms with E-state index in [4.69, 9.17) is 21.1 Å². The number of rotatable bonds is 3. The van der Waals surface area contributed by atoms with E-state index in [0.29, 0.717) is 24.5 Å². The van der Waals surface area contributed by atoms with Crippen LogP contribution >= 0.6 is 11.6 Å². The summed E-state index contributed by atoms with van der Waals surface area (Å²) in [7, 11) is 1.42. The highest BCUT2D eigenvalue weighted by molar-refractivity contribution is 6.32. The summed E-state index contributed by atoms with van der Waals surface area (Å²) in [5.74, 6) is 0.808. The van der Waals surface area contributed by atoms with E-state index in [1.165, 1.54) is 13.3 Å². The monoisotopic (exact) mass is 327 g/mol. The highest BCUT2D eigenvalue weighted by Crippen LogP contribution is 2.32. The molecular weight excluding hydrogens is 306 g/mol. The molecule has 0 spiro atoms. The van der Waals surface area contributed by atoms with Gasteiger partial charge in [-0.15, -0.1) is 0 Å². The molecule has 7 heteroatoms. The van der Waals surface area contributed by atoms with E-state index in [1.807, 2.05) is 6.92 Å². The van der Waals surface area contributed by atoms with Crippen molar-refractivity contribution >= 4 is 23.1 Å². The van der Waals surface area contributed by atoms with Gasteiger partial charge in [-0.3, -0.25) is 0 Å². The van der Waals surface area contributed by atoms with Crippen LogP contribution in [0.4, 0.5) is 5.69 Å². The lowest BCUT2D eigenvalue weighted by Crippen LogP contribution is -2.51. The average molecular weight is 328 g/mol. The van der Waals surface area contributed by atoms with Crippen LogP contribution in [0, 0.1) is 0 Å². The molecule has 1 saturated heterocycles. The molecule has 1 unspecified atom stereocenters. The number of pyridine rings is 1. The summed E-state index contributed by atoms with van der Waals surface area (Å²) in [5.41, 5.74) is 0.928. The normalized spacial score (nSPS) is 24.5. The molecular formula is C15H22ClN3O3. The maximum absolute atomic E-state index is 9.95. The van der Waals surface area contributed by atoms with E-state index in [2.05, 4.69) is 28.7 Å². The summed E-state index contributed by atoms with van der Waals surface area (Å²) in [4.78, 5) is 10.8. The minimum absolute atomic E-state index is 0.221. The molecule has 1 N–H and O–H groups in total. The summed E-state index contributed by atoms with van der Waals surface area (Å²) < 4.78 is 10.5. The minimum atomic E-state index is -1.09. The van der Waals surface area contributed by atoms with E-state index in [0.717, 1.165) is 5.84 Å². The first-order chi connectivity index (χ1) is 10.5. The fraction of sp³-hybridized carbons (Fsp3) is 0.600. The van der Waals surface area contributed by atoms with E-state index in [9.17, 15) is 5.11 Å². The van der Waals surface area contributed by atoms with Crippen molar-refractivity contribution in [2.24, 2.45) is 4.99 Å². The van der Waals surface area contributed by atoms with E-state index in [1.54, 1.807) is 6.07 Å². The summed E-state index contributed by atoms with van der Waals surface area (Å²) in [6.07, 6.45) is 0.431. The fourth-order valence-electron chi connectivity index (χ4n) is 2.74. The van der Waals surface area contributed by atoms with Gasteiger partial charge in [0.05, 0.1) is 25.3 Å². The lowest BCUT2D eigenvalue weighted by atomic mass is 10.1. The second kappa shape index (κ2) is 7.37. The van der Waals surface area contributed by atoms with Gasteiger partial charge in [0.1, 0.15) is 11.5 Å². The first-order valence-corrected chi connectivity index (χ1v) is 7.60. The Labute approximate surface area is 135 Å². The zero-order valence-corrected chi connectivity index (χ0v) is 14.0. The molecule has 1 aliphatic rings. The van der Waals surface area contributed by atoms with Crippen LogP contribution in [0.25, 0.3) is 0 Å². The number of hydrogen-bond acceptors (Lipinski definition) is 5. The Hall–Kier alpha value is -1.21. The van der Waals surface area contributed by atoms with Crippen LogP contribution in [0.5, 0.6) is 0 Å². The summed E-state index contributed by atoms with van der Waals surface area (Å²) >= 11 is 6.16. The van der Waals surface area contributed by atoms with Crippen molar-refractivity contribution in [1.82, 2.24) is 9.88 Å². The Balaban J connectivity index is 2.39. The van der Waals surface area contributed by atoms with Gasteiger partial charge in [0.2, 0.25) is 0 Å². The molecule has 0 saturated carbocycles. The lowest BCUT2D eigenvalue weighted by molar-refractivity contribution is -0.0765. The Morgan fingerprint density at radius 3 is 2.73 bits per heavy atom. The van der Waals surface area contributed by atoms with Crippen LogP contribution in [0.2, 0.25) is 5.15 Å². The van der Waals surface area contributed by atoms with Crippen LogP contribution in [-0.2, 0) is 9.47 Å². The molecule has 0 radical (unpaired) electrons. The van der Waals surface area contributed by atoms with Crippen molar-refractivity contribution < 1.29 is 14.6 Å². The molecule has 1 aromatic rings. The highest BCUT2D eigenvalue weighted by Gasteiger charge is 2.27. The molecule has 2 heterocycles. The smallest absolute Gasteiger partial charge is 0.183 e. The molecule has 3 atom stereocenters. The van der Waals surface area contributed by atoms with Crippen molar-refractivity contribution in [3.05, 3.63) is 23.0 Å². The number of ether oxygens (including phenoxy) is 2. The first kappa shape index (κ1) is 17.1. The van der Waals surface area contributed by atoms with Crippen LogP contribution in [0.1, 0.15) is 32.6 Å². The van der Waals surface area contributed by atoms with Crippen LogP contribution in [0.15, 0.2) is 17.3 Å². The highest BCUT2D eigenvalue weighted by atomic mass is 35.5. The molecule has 1 fully saturated rings. The van der Waals surface area contributed by atoms with Crippen molar-refractivity contribution in [2.45, 2.75) is 39.1 Å². The van der Waals surface area contributed by atoms with Gasteiger partial charge < -0.3 is 19.5 Å². The Morgan fingerprint density at radius 1 is 1.50 bits per heavy atom. The van der Waals surface area contributed by atoms with Crippen molar-refractivity contribution in [1.29, 1.82) is 0 Å². The topological polar surface area (TPSA) is 67.2 Å². The molecule has 1 aliphatic heterocycles. The quantitative estimate of drug-likeness (QED) is 0.400. The van der Waals surface area contributed by atoms with Crippen molar-refractivity contribution in [3.63, 3.8) is 0 Å². The number of morpholine rings is 1. The number of aliphatic hydroxyl groups is 1. The largest absolute Gasteiger partial charge is 0.377 e. The molecule has 1 aromatic heterocycles. The second-order valence-corrected chi connectivity index (χ2v) is 5.79. The molecule has 0 amide bonds. The number of aliphatic hydroxyl groups excluding tert-OH is 1. The van der Waals surface area contributed by atoms with Crippen molar-refractivity contribution in [3.8, 4) is 0 Å². The third-order valence-electron chi connectivity index (χ3n) is 3.72. The van der Waals surface area contributed by atoms with Gasteiger partial charge in [-0.05, 0) is 26.8 Å². The molecule has 6 nitrogen and oxygen atoms in total. The maximum atomic E-state index is 9.95. The minimum Gasteiger partial charge on any atom is -0.377 e. The standard InChI is InChI=1S/C15H22ClN3O3/c1-9-7-22-8-10(2)19(9)11(3)18-13-12(15(20)21-4)5-6-17-14(13)16/h5-6,9-10,15,20H,7-8H2,1-4H3/t9-,10+,15?. The van der Waals surface area contributed by atoms with E-state index < -0.39 is 6.29 Å². The first-order valence-electron chi connectivity index (χ1n) is 7.22. The Morgan fingerprint density at radius 2 is 2.14 bits per heavy atom. The third-order valence-corrected chi connectivity index (χ3v) is 3.99. The zero-order chi connectivity index (χ0) is 16.3. The van der Waals surface area contributed by atoms with Gasteiger partial charge in [0.15, 0.2) is 11.4 Å². The molecule has 22 heavy (non-hydrogen) atoms. The number of hydrogen-bond donors (Lipinski definition) is 1. The zero-order valence-electron chi connectivity index (χ0n) is 13.3. The van der Waals surface area contributed by atoms with Gasteiger partial charge in [-0.25, -0.2) is 9.98 Å². The number of nitrogens with zero attached hydrogens (tertiary/aromatic N) is 3. The van der Waals surface area contributed by atoms with Gasteiger partial charge >= 0.3 is 0 Å². The van der Waals surface area contributed by atoms with E-state index in [-0.39, 0.29) is 17.2 Å². The molecule has 122 valence electrons. The summed E-state index contributed by atoms with van der Waals surface area (Å²) in [6.45, 7) is 7.41. The number of amidine groups is 1. The summed E-state index contributed by atoms with van der Waals surface area (Å²) in [6, 6.07) is 2.09. The molecule has 0 aliphatic carbocycles. The average Bonchev–Trinajstić information content (AvgIpc) is 2.48. The fourth-order valence-corrected chi connectivity index (χ4v) is 2.95. The van der Waals surface area contributed by atoms with Crippen LogP contribution in [0.3, 0.4) is 0 Å². The second-order valence-electron chi connectivity index (χ2n) is 5.43. The summed E-state index contributed by atoms with van der Waals surface area (Å²) in [5, 5.41) is 10.2. The molecule has 0 aromatic carbocycles. The molecule has 0 bridgehead atoms. The lowest BCUT2D eigenvalue weighted by Gasteiger charge is -2.40. The van der Waals surface area contributed by atoms with Crippen molar-refractivity contribution in [2.75, 3.05) is 20.3 Å². The Kier molecular flexibility index (Phi) is 5.74. The van der Waals surface area contributed by atoms with Crippen LogP contribution < -0.4 is 0 Å². The third kappa shape index (κ3) is 3.57. The molecule has 2 rings (SSSR count). The van der Waals surface area contributed by atoms with E-state index >= 15 is 0 Å². The SMILES string of the molecule is COC(O)c1ccnc(Cl)c1N=C(C)N1[C@H](C)COC[C@@H]1C. The van der Waals surface area contributed by atoms with Gasteiger partial charge in [-0.2, -0.15) is 0 Å². The maximum Gasteiger partial charge on any atom is 0.183 e. The Bertz CT molecular complexity index is 543. The number of halogens is 1. The van der Waals surface area contributed by atoms with Crippen LogP contribution in [-0.4, -0.2) is 53.2 Å². The van der Waals surface area contributed by atoms with Gasteiger partial charge in [0.25, 0.3) is 0 Å². The van der Waals surface area contributed by atoms with Gasteiger partial charge in [-0.1, -0.05) is 11.6 Å². The predicted octanol–water partition coefficient (Wildman–Crippen LogP) is 2.53. The van der Waals surface area contributed by atoms with Gasteiger partial charge in [0, 0.05) is 18.9 Å². The predicted molar refractivity (Wildman–Crippen MR) is 85.6 cm³/mol. The number of methoxy groups -OCH3 is 1.